The van der Waals surface area contributed by atoms with Crippen molar-refractivity contribution >= 4 is 17.3 Å². The molecule has 2 rings (SSSR count). The van der Waals surface area contributed by atoms with Crippen molar-refractivity contribution in [2.75, 3.05) is 12.8 Å². The average Bonchev–Trinajstić information content (AvgIpc) is 2.46. The fourth-order valence-electron chi connectivity index (χ4n) is 1.72. The van der Waals surface area contributed by atoms with Gasteiger partial charge in [0.05, 0.1) is 7.11 Å². The third-order valence-corrected chi connectivity index (χ3v) is 2.75. The molecule has 0 aromatic heterocycles. The highest BCUT2D eigenvalue weighted by Gasteiger charge is 2.20. The SMILES string of the molecule is COc1ccc(C(=O)C(=O)c2ccccc2)c(N)c1. The zero-order chi connectivity index (χ0) is 13.8. The molecule has 0 spiro atoms. The highest BCUT2D eigenvalue weighted by molar-refractivity contribution is 6.50. The molecule has 0 aliphatic heterocycles. The number of ketones is 2. The van der Waals surface area contributed by atoms with Crippen LogP contribution in [-0.2, 0) is 0 Å². The Morgan fingerprint density at radius 1 is 1.00 bits per heavy atom. The molecular formula is C15H13NO3. The molecule has 19 heavy (non-hydrogen) atoms. The van der Waals surface area contributed by atoms with Gasteiger partial charge in [-0.25, -0.2) is 0 Å². The van der Waals surface area contributed by atoms with E-state index < -0.39 is 11.6 Å². The van der Waals surface area contributed by atoms with Crippen LogP contribution >= 0.6 is 0 Å². The Kier molecular flexibility index (Phi) is 3.61. The molecule has 0 amide bonds. The number of hydrogen-bond acceptors (Lipinski definition) is 4. The van der Waals surface area contributed by atoms with Crippen molar-refractivity contribution in [2.45, 2.75) is 0 Å². The molecule has 0 unspecified atom stereocenters. The van der Waals surface area contributed by atoms with Gasteiger partial charge in [0.15, 0.2) is 0 Å². The van der Waals surface area contributed by atoms with Gasteiger partial charge in [-0.2, -0.15) is 0 Å². The lowest BCUT2D eigenvalue weighted by Gasteiger charge is -2.06. The zero-order valence-corrected chi connectivity index (χ0v) is 10.4. The largest absolute Gasteiger partial charge is 0.497 e. The van der Waals surface area contributed by atoms with Crippen molar-refractivity contribution in [2.24, 2.45) is 0 Å². The number of nitrogen functional groups attached to an aromatic ring is 1. The molecule has 2 aromatic carbocycles. The number of anilines is 1. The van der Waals surface area contributed by atoms with E-state index in [0.29, 0.717) is 11.3 Å². The first-order valence-electron chi connectivity index (χ1n) is 5.71. The second kappa shape index (κ2) is 5.35. The maximum absolute atomic E-state index is 12.1. The number of Topliss-reactive ketones (excluding diaryl/α,β-unsaturated/α-hetero) is 2. The van der Waals surface area contributed by atoms with E-state index in [9.17, 15) is 9.59 Å². The lowest BCUT2D eigenvalue weighted by atomic mass is 10.0. The van der Waals surface area contributed by atoms with Gasteiger partial charge in [-0.3, -0.25) is 9.59 Å². The van der Waals surface area contributed by atoms with E-state index in [-0.39, 0.29) is 11.3 Å². The summed E-state index contributed by atoms with van der Waals surface area (Å²) in [7, 11) is 1.51. The van der Waals surface area contributed by atoms with Gasteiger partial charge < -0.3 is 10.5 Å². The number of ether oxygens (including phenoxy) is 1. The van der Waals surface area contributed by atoms with E-state index in [2.05, 4.69) is 0 Å². The maximum atomic E-state index is 12.1. The summed E-state index contributed by atoms with van der Waals surface area (Å²) in [6.07, 6.45) is 0. The molecule has 0 aliphatic rings. The lowest BCUT2D eigenvalue weighted by molar-refractivity contribution is 0.0817. The molecule has 0 radical (unpaired) electrons. The van der Waals surface area contributed by atoms with E-state index in [1.807, 2.05) is 0 Å². The number of rotatable bonds is 4. The van der Waals surface area contributed by atoms with Crippen molar-refractivity contribution in [1.29, 1.82) is 0 Å². The fourth-order valence-corrected chi connectivity index (χ4v) is 1.72. The molecule has 4 nitrogen and oxygen atoms in total. The minimum Gasteiger partial charge on any atom is -0.497 e. The number of methoxy groups -OCH3 is 1. The summed E-state index contributed by atoms with van der Waals surface area (Å²) in [4.78, 5) is 24.1. The highest BCUT2D eigenvalue weighted by Crippen LogP contribution is 2.21. The second-order valence-corrected chi connectivity index (χ2v) is 3.98. The molecular weight excluding hydrogens is 242 g/mol. The van der Waals surface area contributed by atoms with E-state index in [1.54, 1.807) is 36.4 Å². The van der Waals surface area contributed by atoms with Crippen molar-refractivity contribution in [1.82, 2.24) is 0 Å². The van der Waals surface area contributed by atoms with E-state index in [4.69, 9.17) is 10.5 Å². The summed E-state index contributed by atoms with van der Waals surface area (Å²) in [6.45, 7) is 0. The van der Waals surface area contributed by atoms with Crippen molar-refractivity contribution < 1.29 is 14.3 Å². The molecule has 4 heteroatoms. The number of hydrogen-bond donors (Lipinski definition) is 1. The molecule has 2 aromatic rings. The number of benzene rings is 2. The van der Waals surface area contributed by atoms with Gasteiger partial charge in [-0.1, -0.05) is 30.3 Å². The van der Waals surface area contributed by atoms with Crippen molar-refractivity contribution in [3.8, 4) is 5.75 Å². The van der Waals surface area contributed by atoms with Crippen molar-refractivity contribution in [3.63, 3.8) is 0 Å². The Morgan fingerprint density at radius 3 is 2.26 bits per heavy atom. The van der Waals surface area contributed by atoms with Crippen LogP contribution < -0.4 is 10.5 Å². The molecule has 0 atom stereocenters. The summed E-state index contributed by atoms with van der Waals surface area (Å²) in [6, 6.07) is 13.0. The van der Waals surface area contributed by atoms with Crippen LogP contribution in [-0.4, -0.2) is 18.7 Å². The van der Waals surface area contributed by atoms with Gasteiger partial charge >= 0.3 is 0 Å². The third-order valence-electron chi connectivity index (χ3n) is 2.75. The molecule has 96 valence electrons. The Bertz CT molecular complexity index is 621. The summed E-state index contributed by atoms with van der Waals surface area (Å²) in [5, 5.41) is 0. The van der Waals surface area contributed by atoms with Crippen LogP contribution in [0.25, 0.3) is 0 Å². The highest BCUT2D eigenvalue weighted by atomic mass is 16.5. The van der Waals surface area contributed by atoms with Crippen LogP contribution in [0.15, 0.2) is 48.5 Å². The second-order valence-electron chi connectivity index (χ2n) is 3.98. The zero-order valence-electron chi connectivity index (χ0n) is 10.4. The first-order valence-corrected chi connectivity index (χ1v) is 5.71. The minimum atomic E-state index is -0.619. The molecule has 0 heterocycles. The first kappa shape index (κ1) is 12.8. The quantitative estimate of drug-likeness (QED) is 0.517. The topological polar surface area (TPSA) is 69.4 Å². The predicted octanol–water partition coefficient (Wildman–Crippen LogP) is 2.34. The Hall–Kier alpha value is -2.62. The van der Waals surface area contributed by atoms with Gasteiger partial charge in [0.1, 0.15) is 5.75 Å². The van der Waals surface area contributed by atoms with E-state index in [0.717, 1.165) is 0 Å². The Labute approximate surface area is 110 Å². The number of carbonyl (C=O) groups is 2. The Balaban J connectivity index is 2.32. The number of carbonyl (C=O) groups excluding carboxylic acids is 2. The lowest BCUT2D eigenvalue weighted by Crippen LogP contribution is -2.16. The summed E-state index contributed by atoms with van der Waals surface area (Å²) < 4.78 is 5.00. The van der Waals surface area contributed by atoms with Gasteiger partial charge in [0.2, 0.25) is 11.6 Å². The predicted molar refractivity (Wildman–Crippen MR) is 72.5 cm³/mol. The standard InChI is InChI=1S/C15H13NO3/c1-19-11-7-8-12(13(16)9-11)15(18)14(17)10-5-3-2-4-6-10/h2-9H,16H2,1H3. The normalized spacial score (nSPS) is 9.95. The minimum absolute atomic E-state index is 0.189. The Morgan fingerprint density at radius 2 is 1.68 bits per heavy atom. The maximum Gasteiger partial charge on any atom is 0.235 e. The van der Waals surface area contributed by atoms with Crippen LogP contribution in [0.5, 0.6) is 5.75 Å². The molecule has 0 aliphatic carbocycles. The first-order chi connectivity index (χ1) is 9.13. The van der Waals surface area contributed by atoms with Crippen LogP contribution in [0.2, 0.25) is 0 Å². The van der Waals surface area contributed by atoms with Crippen LogP contribution in [0.1, 0.15) is 20.7 Å². The third kappa shape index (κ3) is 2.63. The average molecular weight is 255 g/mol. The van der Waals surface area contributed by atoms with Crippen LogP contribution in [0, 0.1) is 0 Å². The molecule has 0 saturated heterocycles. The van der Waals surface area contributed by atoms with Gasteiger partial charge in [-0.15, -0.1) is 0 Å². The van der Waals surface area contributed by atoms with Crippen LogP contribution in [0.3, 0.4) is 0 Å². The van der Waals surface area contributed by atoms with E-state index >= 15 is 0 Å². The number of nitrogens with two attached hydrogens (primary N) is 1. The summed E-state index contributed by atoms with van der Waals surface area (Å²) in [5.74, 6) is -0.648. The smallest absolute Gasteiger partial charge is 0.235 e. The van der Waals surface area contributed by atoms with Gasteiger partial charge in [0.25, 0.3) is 0 Å². The van der Waals surface area contributed by atoms with Gasteiger partial charge in [0, 0.05) is 22.9 Å². The molecule has 2 N–H and O–H groups in total. The molecule has 0 bridgehead atoms. The van der Waals surface area contributed by atoms with Gasteiger partial charge in [-0.05, 0) is 12.1 Å². The fraction of sp³-hybridized carbons (Fsp3) is 0.0667. The van der Waals surface area contributed by atoms with E-state index in [1.165, 1.54) is 19.2 Å². The monoisotopic (exact) mass is 255 g/mol. The molecule has 0 saturated carbocycles. The van der Waals surface area contributed by atoms with Crippen molar-refractivity contribution in [3.05, 3.63) is 59.7 Å². The molecule has 0 fully saturated rings. The summed E-state index contributed by atoms with van der Waals surface area (Å²) >= 11 is 0. The van der Waals surface area contributed by atoms with Crippen LogP contribution in [0.4, 0.5) is 5.69 Å². The summed E-state index contributed by atoms with van der Waals surface area (Å²) in [5.41, 5.74) is 6.53.